The van der Waals surface area contributed by atoms with Gasteiger partial charge in [0.2, 0.25) is 10.0 Å². The van der Waals surface area contributed by atoms with E-state index in [2.05, 4.69) is 19.2 Å². The third-order valence-electron chi connectivity index (χ3n) is 5.00. The van der Waals surface area contributed by atoms with Crippen LogP contribution in [0.1, 0.15) is 42.2 Å². The van der Waals surface area contributed by atoms with Crippen molar-refractivity contribution in [1.82, 2.24) is 9.62 Å². The molecule has 0 spiro atoms. The summed E-state index contributed by atoms with van der Waals surface area (Å²) in [5.41, 5.74) is 1.07. The quantitative estimate of drug-likeness (QED) is 0.725. The van der Waals surface area contributed by atoms with E-state index in [1.165, 1.54) is 10.4 Å². The highest BCUT2D eigenvalue weighted by atomic mass is 32.2. The van der Waals surface area contributed by atoms with Crippen LogP contribution in [0.15, 0.2) is 53.4 Å². The number of benzene rings is 2. The van der Waals surface area contributed by atoms with Crippen LogP contribution in [-0.2, 0) is 14.8 Å². The van der Waals surface area contributed by atoms with E-state index in [0.29, 0.717) is 5.92 Å². The van der Waals surface area contributed by atoms with Gasteiger partial charge < -0.3 is 10.1 Å². The normalized spacial score (nSPS) is 16.4. The number of halogens is 1. The van der Waals surface area contributed by atoms with Crippen molar-refractivity contribution in [3.63, 3.8) is 0 Å². The zero-order valence-electron chi connectivity index (χ0n) is 17.2. The third-order valence-corrected chi connectivity index (χ3v) is 6.91. The molecular weight excluding hydrogens is 407 g/mol. The molecule has 30 heavy (non-hydrogen) atoms. The van der Waals surface area contributed by atoms with Gasteiger partial charge in [-0.05, 0) is 36.1 Å². The van der Waals surface area contributed by atoms with Crippen molar-refractivity contribution in [3.05, 3.63) is 65.5 Å². The number of hydrogen-bond acceptors (Lipinski definition) is 4. The Kier molecular flexibility index (Phi) is 7.23. The van der Waals surface area contributed by atoms with Gasteiger partial charge in [-0.25, -0.2) is 12.8 Å². The molecule has 8 heteroatoms. The summed E-state index contributed by atoms with van der Waals surface area (Å²) < 4.78 is 46.5. The molecule has 0 saturated carbocycles. The lowest BCUT2D eigenvalue weighted by molar-refractivity contribution is 0.0729. The maximum atomic E-state index is 14.4. The second kappa shape index (κ2) is 9.68. The smallest absolute Gasteiger partial charge is 0.251 e. The van der Waals surface area contributed by atoms with E-state index in [4.69, 9.17) is 4.74 Å². The Morgan fingerprint density at radius 1 is 1.13 bits per heavy atom. The maximum Gasteiger partial charge on any atom is 0.251 e. The van der Waals surface area contributed by atoms with E-state index in [9.17, 15) is 17.6 Å². The Labute approximate surface area is 177 Å². The Morgan fingerprint density at radius 2 is 1.80 bits per heavy atom. The number of hydrogen-bond donors (Lipinski definition) is 1. The van der Waals surface area contributed by atoms with Crippen LogP contribution in [0.2, 0.25) is 0 Å². The minimum Gasteiger partial charge on any atom is -0.379 e. The van der Waals surface area contributed by atoms with Crippen molar-refractivity contribution in [2.75, 3.05) is 26.3 Å². The van der Waals surface area contributed by atoms with E-state index in [1.54, 1.807) is 0 Å². The highest BCUT2D eigenvalue weighted by Crippen LogP contribution is 2.24. The van der Waals surface area contributed by atoms with Gasteiger partial charge >= 0.3 is 0 Å². The molecule has 0 bridgehead atoms. The Bertz CT molecular complexity index is 974. The predicted molar refractivity (Wildman–Crippen MR) is 112 cm³/mol. The number of nitrogens with one attached hydrogen (secondary N) is 1. The molecule has 1 aliphatic rings. The van der Waals surface area contributed by atoms with Crippen LogP contribution >= 0.6 is 0 Å². The van der Waals surface area contributed by atoms with Gasteiger partial charge in [-0.1, -0.05) is 44.2 Å². The Hall–Kier alpha value is -2.29. The first-order valence-electron chi connectivity index (χ1n) is 10.0. The zero-order chi connectivity index (χ0) is 21.7. The largest absolute Gasteiger partial charge is 0.379 e. The average molecular weight is 435 g/mol. The number of amides is 1. The summed E-state index contributed by atoms with van der Waals surface area (Å²) in [6.07, 6.45) is 0.718. The summed E-state index contributed by atoms with van der Waals surface area (Å²) in [6, 6.07) is 12.8. The number of rotatable bonds is 7. The average Bonchev–Trinajstić information content (AvgIpc) is 2.74. The van der Waals surface area contributed by atoms with Crippen LogP contribution in [-0.4, -0.2) is 44.9 Å². The topological polar surface area (TPSA) is 75.7 Å². The molecule has 0 aliphatic carbocycles. The second-order valence-electron chi connectivity index (χ2n) is 7.73. The van der Waals surface area contributed by atoms with Crippen LogP contribution in [0.3, 0.4) is 0 Å². The van der Waals surface area contributed by atoms with Crippen LogP contribution in [0, 0.1) is 11.7 Å². The Morgan fingerprint density at radius 3 is 2.43 bits per heavy atom. The number of carbonyl (C=O) groups is 1. The first-order valence-corrected chi connectivity index (χ1v) is 11.5. The lowest BCUT2D eigenvalue weighted by atomic mass is 9.96. The van der Waals surface area contributed by atoms with E-state index < -0.39 is 26.6 Å². The van der Waals surface area contributed by atoms with Gasteiger partial charge in [-0.3, -0.25) is 4.79 Å². The maximum absolute atomic E-state index is 14.4. The minimum atomic E-state index is -4.05. The highest BCUT2D eigenvalue weighted by Gasteiger charge is 2.30. The number of nitrogens with zero attached hydrogens (tertiary/aromatic N) is 1. The first-order chi connectivity index (χ1) is 14.3. The van der Waals surface area contributed by atoms with Gasteiger partial charge in [0.25, 0.3) is 5.91 Å². The van der Waals surface area contributed by atoms with Crippen molar-refractivity contribution in [2.24, 2.45) is 5.92 Å². The SMILES string of the molecule is CC(C)CC(NC(=O)c1ccc(F)c(S(=O)(=O)N2CCOCC2)c1)c1ccccc1. The molecule has 1 fully saturated rings. The summed E-state index contributed by atoms with van der Waals surface area (Å²) in [5, 5.41) is 2.97. The monoisotopic (exact) mass is 434 g/mol. The molecule has 1 aliphatic heterocycles. The summed E-state index contributed by atoms with van der Waals surface area (Å²) in [5.74, 6) is -0.983. The van der Waals surface area contributed by atoms with Crippen LogP contribution in [0.25, 0.3) is 0 Å². The number of morpholine rings is 1. The van der Waals surface area contributed by atoms with Crippen LogP contribution in [0.4, 0.5) is 4.39 Å². The summed E-state index contributed by atoms with van der Waals surface area (Å²) in [7, 11) is -4.05. The number of sulfonamides is 1. The van der Waals surface area contributed by atoms with Crippen LogP contribution < -0.4 is 5.32 Å². The third kappa shape index (κ3) is 5.24. The molecule has 6 nitrogen and oxygen atoms in total. The van der Waals surface area contributed by atoms with Crippen molar-refractivity contribution < 1.29 is 22.3 Å². The van der Waals surface area contributed by atoms with Gasteiger partial charge in [-0.15, -0.1) is 0 Å². The van der Waals surface area contributed by atoms with E-state index >= 15 is 0 Å². The lowest BCUT2D eigenvalue weighted by Gasteiger charge is -2.26. The van der Waals surface area contributed by atoms with E-state index in [0.717, 1.165) is 24.1 Å². The number of ether oxygens (including phenoxy) is 1. The summed E-state index contributed by atoms with van der Waals surface area (Å²) in [6.45, 7) is 4.95. The number of carbonyl (C=O) groups excluding carboxylic acids is 1. The van der Waals surface area contributed by atoms with Gasteiger partial charge in [-0.2, -0.15) is 4.31 Å². The standard InChI is InChI=1S/C22H27FN2O4S/c1-16(2)14-20(17-6-4-3-5-7-17)24-22(26)18-8-9-19(23)21(15-18)30(27,28)25-10-12-29-13-11-25/h3-9,15-16,20H,10-14H2,1-2H3,(H,24,26). The summed E-state index contributed by atoms with van der Waals surface area (Å²) >= 11 is 0. The minimum absolute atomic E-state index is 0.105. The molecule has 1 N–H and O–H groups in total. The molecule has 2 aromatic carbocycles. The predicted octanol–water partition coefficient (Wildman–Crippen LogP) is 3.36. The van der Waals surface area contributed by atoms with Crippen molar-refractivity contribution in [3.8, 4) is 0 Å². The molecule has 2 aromatic rings. The van der Waals surface area contributed by atoms with Gasteiger partial charge in [0.15, 0.2) is 0 Å². The first kappa shape index (κ1) is 22.4. The van der Waals surface area contributed by atoms with E-state index in [1.807, 2.05) is 30.3 Å². The Balaban J connectivity index is 1.86. The fraction of sp³-hybridized carbons (Fsp3) is 0.409. The van der Waals surface area contributed by atoms with Crippen LogP contribution in [0.5, 0.6) is 0 Å². The lowest BCUT2D eigenvalue weighted by Crippen LogP contribution is -2.41. The molecule has 0 aromatic heterocycles. The molecule has 1 unspecified atom stereocenters. The highest BCUT2D eigenvalue weighted by molar-refractivity contribution is 7.89. The molecular formula is C22H27FN2O4S. The summed E-state index contributed by atoms with van der Waals surface area (Å²) in [4.78, 5) is 12.4. The molecule has 1 saturated heterocycles. The van der Waals surface area contributed by atoms with Gasteiger partial charge in [0, 0.05) is 18.7 Å². The zero-order valence-corrected chi connectivity index (χ0v) is 18.0. The van der Waals surface area contributed by atoms with E-state index in [-0.39, 0.29) is 37.9 Å². The molecule has 162 valence electrons. The fourth-order valence-electron chi connectivity index (χ4n) is 3.44. The van der Waals surface area contributed by atoms with Crippen molar-refractivity contribution in [2.45, 2.75) is 31.2 Å². The van der Waals surface area contributed by atoms with Crippen molar-refractivity contribution >= 4 is 15.9 Å². The molecule has 1 heterocycles. The van der Waals surface area contributed by atoms with Gasteiger partial charge in [0.1, 0.15) is 10.7 Å². The molecule has 0 radical (unpaired) electrons. The van der Waals surface area contributed by atoms with Crippen molar-refractivity contribution in [1.29, 1.82) is 0 Å². The molecule has 1 amide bonds. The fourth-order valence-corrected chi connectivity index (χ4v) is 4.94. The molecule has 3 rings (SSSR count). The van der Waals surface area contributed by atoms with Gasteiger partial charge in [0.05, 0.1) is 19.3 Å². The second-order valence-corrected chi connectivity index (χ2v) is 9.63. The molecule has 1 atom stereocenters.